The quantitative estimate of drug-likeness (QED) is 0.411. The van der Waals surface area contributed by atoms with Crippen LogP contribution in [-0.4, -0.2) is 20.9 Å². The zero-order valence-electron chi connectivity index (χ0n) is 13.6. The van der Waals surface area contributed by atoms with Crippen molar-refractivity contribution in [1.82, 2.24) is 9.63 Å². The molecule has 0 bridgehead atoms. The number of aromatic nitrogens is 1. The van der Waals surface area contributed by atoms with Gasteiger partial charge in [-0.1, -0.05) is 42.5 Å². The minimum Gasteiger partial charge on any atom is -0.284 e. The number of carbonyl (C=O) groups is 1. The molecule has 4 rings (SSSR count). The van der Waals surface area contributed by atoms with Crippen molar-refractivity contribution in [3.05, 3.63) is 83.9 Å². The van der Waals surface area contributed by atoms with Crippen molar-refractivity contribution >= 4 is 27.8 Å². The molecular formula is C20H14F2N2O2. The van der Waals surface area contributed by atoms with Crippen LogP contribution in [-0.2, 0) is 6.54 Å². The molecule has 4 aromatic rings. The van der Waals surface area contributed by atoms with Gasteiger partial charge in [0, 0.05) is 16.3 Å². The summed E-state index contributed by atoms with van der Waals surface area (Å²) in [4.78, 5) is 12.9. The average Bonchev–Trinajstić information content (AvgIpc) is 2.98. The molecule has 0 aliphatic carbocycles. The van der Waals surface area contributed by atoms with E-state index < -0.39 is 24.2 Å². The van der Waals surface area contributed by atoms with Crippen LogP contribution in [0.2, 0.25) is 0 Å². The lowest BCUT2D eigenvalue weighted by molar-refractivity contribution is -0.0510. The van der Waals surface area contributed by atoms with Crippen LogP contribution in [0.1, 0.15) is 5.56 Å². The Balaban J connectivity index is 1.80. The molecule has 0 unspecified atom stereocenters. The Morgan fingerprint density at radius 2 is 1.35 bits per heavy atom. The third-order valence-electron chi connectivity index (χ3n) is 4.36. The van der Waals surface area contributed by atoms with Crippen LogP contribution >= 0.6 is 0 Å². The minimum atomic E-state index is -0.820. The van der Waals surface area contributed by atoms with Crippen LogP contribution in [0.5, 0.6) is 0 Å². The second-order valence-electron chi connectivity index (χ2n) is 5.91. The first-order valence-corrected chi connectivity index (χ1v) is 8.00. The van der Waals surface area contributed by atoms with Gasteiger partial charge in [-0.15, -0.1) is 0 Å². The second kappa shape index (κ2) is 6.24. The summed E-state index contributed by atoms with van der Waals surface area (Å²) in [5, 5.41) is 12.3. The van der Waals surface area contributed by atoms with Crippen LogP contribution in [0, 0.1) is 11.6 Å². The van der Waals surface area contributed by atoms with E-state index in [-0.39, 0.29) is 5.56 Å². The zero-order chi connectivity index (χ0) is 18.3. The minimum absolute atomic E-state index is 0.320. The fourth-order valence-corrected chi connectivity index (χ4v) is 3.14. The first kappa shape index (κ1) is 16.2. The molecule has 6 heteroatoms. The molecule has 26 heavy (non-hydrogen) atoms. The van der Waals surface area contributed by atoms with Crippen LogP contribution in [0.25, 0.3) is 21.8 Å². The molecule has 4 nitrogen and oxygen atoms in total. The SMILES string of the molecule is O=C(N(O)Cc1c(F)cccc1F)n1c2ccccc2c2ccccc21. The molecule has 0 saturated carbocycles. The van der Waals surface area contributed by atoms with Crippen molar-refractivity contribution in [2.75, 3.05) is 0 Å². The number of hydroxylamine groups is 2. The molecule has 1 aromatic heterocycles. The highest BCUT2D eigenvalue weighted by Gasteiger charge is 2.22. The Kier molecular flexibility index (Phi) is 3.89. The molecule has 0 saturated heterocycles. The fourth-order valence-electron chi connectivity index (χ4n) is 3.14. The molecule has 0 fully saturated rings. The van der Waals surface area contributed by atoms with E-state index in [0.29, 0.717) is 16.1 Å². The van der Waals surface area contributed by atoms with E-state index in [4.69, 9.17) is 0 Å². The number of halogens is 2. The predicted molar refractivity (Wildman–Crippen MR) is 93.9 cm³/mol. The lowest BCUT2D eigenvalue weighted by Crippen LogP contribution is -2.31. The number of fused-ring (bicyclic) bond motifs is 3. The summed E-state index contributed by atoms with van der Waals surface area (Å²) < 4.78 is 29.0. The Hall–Kier alpha value is -3.25. The Labute approximate surface area is 147 Å². The maximum Gasteiger partial charge on any atom is 0.353 e. The summed E-state index contributed by atoms with van der Waals surface area (Å²) in [6.07, 6.45) is 0. The molecule has 0 radical (unpaired) electrons. The summed E-state index contributed by atoms with van der Waals surface area (Å²) in [5.41, 5.74) is 0.836. The van der Waals surface area contributed by atoms with Gasteiger partial charge in [0.1, 0.15) is 11.6 Å². The van der Waals surface area contributed by atoms with Crippen molar-refractivity contribution in [3.8, 4) is 0 Å². The Bertz CT molecular complexity index is 1060. The molecule has 0 aliphatic rings. The fraction of sp³-hybridized carbons (Fsp3) is 0.0500. The maximum atomic E-state index is 13.8. The lowest BCUT2D eigenvalue weighted by atomic mass is 10.2. The van der Waals surface area contributed by atoms with Crippen LogP contribution in [0.4, 0.5) is 13.6 Å². The normalized spacial score (nSPS) is 11.2. The van der Waals surface area contributed by atoms with Gasteiger partial charge in [-0.2, -0.15) is 0 Å². The largest absolute Gasteiger partial charge is 0.353 e. The third kappa shape index (κ3) is 2.51. The van der Waals surface area contributed by atoms with E-state index >= 15 is 0 Å². The van der Waals surface area contributed by atoms with Gasteiger partial charge in [0.05, 0.1) is 17.6 Å². The molecule has 3 aromatic carbocycles. The summed E-state index contributed by atoms with van der Waals surface area (Å²) in [7, 11) is 0. The van der Waals surface area contributed by atoms with Crippen molar-refractivity contribution < 1.29 is 18.8 Å². The lowest BCUT2D eigenvalue weighted by Gasteiger charge is -2.17. The molecule has 130 valence electrons. The molecule has 1 heterocycles. The molecule has 0 atom stereocenters. The third-order valence-corrected chi connectivity index (χ3v) is 4.36. The van der Waals surface area contributed by atoms with Crippen LogP contribution in [0.3, 0.4) is 0 Å². The van der Waals surface area contributed by atoms with Gasteiger partial charge in [0.25, 0.3) is 0 Å². The number of para-hydroxylation sites is 2. The van der Waals surface area contributed by atoms with Gasteiger partial charge in [-0.05, 0) is 24.3 Å². The smallest absolute Gasteiger partial charge is 0.284 e. The average molecular weight is 352 g/mol. The van der Waals surface area contributed by atoms with Gasteiger partial charge in [-0.3, -0.25) is 9.77 Å². The molecule has 0 aliphatic heterocycles. The molecule has 1 N–H and O–H groups in total. The summed E-state index contributed by atoms with van der Waals surface area (Å²) in [6, 6.07) is 17.1. The molecular weight excluding hydrogens is 338 g/mol. The van der Waals surface area contributed by atoms with E-state index in [9.17, 15) is 18.8 Å². The summed E-state index contributed by atoms with van der Waals surface area (Å²) >= 11 is 0. The summed E-state index contributed by atoms with van der Waals surface area (Å²) in [6.45, 7) is -0.599. The second-order valence-corrected chi connectivity index (χ2v) is 5.91. The van der Waals surface area contributed by atoms with Gasteiger partial charge < -0.3 is 0 Å². The number of hydrogen-bond acceptors (Lipinski definition) is 2. The Morgan fingerprint density at radius 3 is 1.88 bits per heavy atom. The Morgan fingerprint density at radius 1 is 0.846 bits per heavy atom. The number of nitrogens with zero attached hydrogens (tertiary/aromatic N) is 2. The number of hydrogen-bond donors (Lipinski definition) is 1. The van der Waals surface area contributed by atoms with E-state index in [2.05, 4.69) is 0 Å². The topological polar surface area (TPSA) is 45.5 Å². The summed E-state index contributed by atoms with van der Waals surface area (Å²) in [5.74, 6) is -1.64. The number of rotatable bonds is 2. The van der Waals surface area contributed by atoms with Gasteiger partial charge in [-0.25, -0.2) is 18.6 Å². The zero-order valence-corrected chi connectivity index (χ0v) is 13.6. The van der Waals surface area contributed by atoms with Gasteiger partial charge in [0.2, 0.25) is 0 Å². The van der Waals surface area contributed by atoms with Crippen LogP contribution in [0.15, 0.2) is 66.7 Å². The number of amides is 1. The molecule has 1 amide bonds. The van der Waals surface area contributed by atoms with Gasteiger partial charge >= 0.3 is 6.03 Å². The first-order valence-electron chi connectivity index (χ1n) is 8.00. The van der Waals surface area contributed by atoms with Gasteiger partial charge in [0.15, 0.2) is 0 Å². The van der Waals surface area contributed by atoms with Crippen molar-refractivity contribution in [2.24, 2.45) is 0 Å². The van der Waals surface area contributed by atoms with E-state index in [1.54, 1.807) is 24.3 Å². The van der Waals surface area contributed by atoms with E-state index in [1.807, 2.05) is 24.3 Å². The number of carbonyl (C=O) groups excluding carboxylic acids is 1. The first-order chi connectivity index (χ1) is 12.6. The highest BCUT2D eigenvalue weighted by Crippen LogP contribution is 2.29. The van der Waals surface area contributed by atoms with Crippen LogP contribution < -0.4 is 0 Å². The number of benzene rings is 3. The van der Waals surface area contributed by atoms with Crippen molar-refractivity contribution in [1.29, 1.82) is 0 Å². The van der Waals surface area contributed by atoms with Crippen molar-refractivity contribution in [2.45, 2.75) is 6.54 Å². The van der Waals surface area contributed by atoms with E-state index in [1.165, 1.54) is 10.6 Å². The highest BCUT2D eigenvalue weighted by molar-refractivity contribution is 6.12. The maximum absolute atomic E-state index is 13.8. The molecule has 0 spiro atoms. The highest BCUT2D eigenvalue weighted by atomic mass is 19.1. The van der Waals surface area contributed by atoms with E-state index in [0.717, 1.165) is 22.9 Å². The monoisotopic (exact) mass is 352 g/mol. The predicted octanol–water partition coefficient (Wildman–Crippen LogP) is 4.93. The van der Waals surface area contributed by atoms with Crippen molar-refractivity contribution in [3.63, 3.8) is 0 Å². The standard InChI is InChI=1S/C20H14F2N2O2/c21-16-8-5-9-17(22)15(16)12-23(26)20(25)24-18-10-3-1-6-13(18)14-7-2-4-11-19(14)24/h1-11,26H,12H2.